The minimum atomic E-state index is -0.936. The lowest BCUT2D eigenvalue weighted by molar-refractivity contribution is 0.503. The number of nitrogens with zero attached hydrogens (tertiary/aromatic N) is 4. The van der Waals surface area contributed by atoms with E-state index in [0.29, 0.717) is 22.7 Å². The summed E-state index contributed by atoms with van der Waals surface area (Å²) < 4.78 is 30.8. The van der Waals surface area contributed by atoms with Crippen LogP contribution in [0.5, 0.6) is 0 Å². The number of hydrogen-bond acceptors (Lipinski definition) is 2. The van der Waals surface area contributed by atoms with E-state index in [1.165, 1.54) is 16.7 Å². The fourth-order valence-corrected chi connectivity index (χ4v) is 2.61. The molecule has 0 fully saturated rings. The molecule has 0 aliphatic rings. The van der Waals surface area contributed by atoms with Crippen molar-refractivity contribution in [3.05, 3.63) is 41.4 Å². The highest BCUT2D eigenvalue weighted by Crippen LogP contribution is 2.30. The van der Waals surface area contributed by atoms with Crippen LogP contribution in [0.4, 0.5) is 8.78 Å². The topological polar surface area (TPSA) is 35.6 Å². The van der Waals surface area contributed by atoms with Crippen LogP contribution in [-0.2, 0) is 7.05 Å². The predicted molar refractivity (Wildman–Crippen MR) is 76.8 cm³/mol. The summed E-state index contributed by atoms with van der Waals surface area (Å²) in [5, 5.41) is 3.80. The summed E-state index contributed by atoms with van der Waals surface area (Å²) in [6.45, 7) is 3.55. The molecule has 4 nitrogen and oxygen atoms in total. The summed E-state index contributed by atoms with van der Waals surface area (Å²) in [6.07, 6.45) is 0. The van der Waals surface area contributed by atoms with E-state index in [9.17, 15) is 8.78 Å². The largest absolute Gasteiger partial charge is 0.277 e. The normalized spacial score (nSPS) is 13.0. The van der Waals surface area contributed by atoms with E-state index in [1.807, 2.05) is 6.92 Å². The maximum Gasteiger partial charge on any atom is 0.182 e. The molecule has 2 aromatic heterocycles. The molecule has 7 heteroatoms. The molecule has 0 saturated carbocycles. The maximum atomic E-state index is 14.2. The van der Waals surface area contributed by atoms with Crippen molar-refractivity contribution in [1.82, 2.24) is 19.3 Å². The van der Waals surface area contributed by atoms with E-state index in [2.05, 4.69) is 10.1 Å². The van der Waals surface area contributed by atoms with E-state index in [1.54, 1.807) is 18.7 Å². The molecular formula is C14H13ClF2N4. The number of rotatable bonds is 2. The van der Waals surface area contributed by atoms with E-state index < -0.39 is 17.0 Å². The van der Waals surface area contributed by atoms with Crippen LogP contribution >= 0.6 is 11.6 Å². The molecule has 0 amide bonds. The number of fused-ring (bicyclic) bond motifs is 1. The van der Waals surface area contributed by atoms with Gasteiger partial charge in [0.15, 0.2) is 17.3 Å². The van der Waals surface area contributed by atoms with Gasteiger partial charge in [0.1, 0.15) is 11.3 Å². The second-order valence-corrected chi connectivity index (χ2v) is 5.53. The molecule has 21 heavy (non-hydrogen) atoms. The molecule has 0 aliphatic carbocycles. The van der Waals surface area contributed by atoms with Crippen molar-refractivity contribution in [2.45, 2.75) is 19.2 Å². The molecule has 1 unspecified atom stereocenters. The molecule has 0 spiro atoms. The smallest absolute Gasteiger partial charge is 0.182 e. The number of aryl methyl sites for hydroxylation is 2. The minimum Gasteiger partial charge on any atom is -0.277 e. The summed E-state index contributed by atoms with van der Waals surface area (Å²) >= 11 is 6.15. The molecular weight excluding hydrogens is 298 g/mol. The van der Waals surface area contributed by atoms with Gasteiger partial charge in [-0.25, -0.2) is 18.4 Å². The van der Waals surface area contributed by atoms with Gasteiger partial charge in [0.05, 0.1) is 16.8 Å². The van der Waals surface area contributed by atoms with E-state index in [-0.39, 0.29) is 5.69 Å². The van der Waals surface area contributed by atoms with E-state index in [4.69, 9.17) is 11.6 Å². The third-order valence-electron chi connectivity index (χ3n) is 3.36. The Labute approximate surface area is 125 Å². The lowest BCUT2D eigenvalue weighted by Crippen LogP contribution is -2.08. The Bertz CT molecular complexity index is 835. The zero-order chi connectivity index (χ0) is 15.3. The van der Waals surface area contributed by atoms with Gasteiger partial charge in [0, 0.05) is 7.05 Å². The maximum absolute atomic E-state index is 14.2. The van der Waals surface area contributed by atoms with Gasteiger partial charge in [0.2, 0.25) is 0 Å². The summed E-state index contributed by atoms with van der Waals surface area (Å²) in [5.41, 5.74) is 1.99. The lowest BCUT2D eigenvalue weighted by atomic mass is 10.2. The third-order valence-corrected chi connectivity index (χ3v) is 3.55. The van der Waals surface area contributed by atoms with Gasteiger partial charge in [-0.15, -0.1) is 11.6 Å². The van der Waals surface area contributed by atoms with Gasteiger partial charge in [-0.3, -0.25) is 4.57 Å². The average molecular weight is 311 g/mol. The Morgan fingerprint density at radius 3 is 2.67 bits per heavy atom. The zero-order valence-corrected chi connectivity index (χ0v) is 12.5. The van der Waals surface area contributed by atoms with Gasteiger partial charge < -0.3 is 0 Å². The molecule has 0 bridgehead atoms. The van der Waals surface area contributed by atoms with Gasteiger partial charge in [-0.05, 0) is 26.0 Å². The predicted octanol–water partition coefficient (Wildman–Crippen LogP) is 3.65. The molecule has 0 radical (unpaired) electrons. The van der Waals surface area contributed by atoms with Gasteiger partial charge in [0.25, 0.3) is 0 Å². The van der Waals surface area contributed by atoms with Crippen molar-refractivity contribution >= 4 is 22.8 Å². The third kappa shape index (κ3) is 2.01. The van der Waals surface area contributed by atoms with Crippen LogP contribution in [0.15, 0.2) is 18.2 Å². The molecule has 1 aromatic carbocycles. The highest BCUT2D eigenvalue weighted by atomic mass is 35.5. The van der Waals surface area contributed by atoms with Gasteiger partial charge in [-0.1, -0.05) is 6.07 Å². The highest BCUT2D eigenvalue weighted by molar-refractivity contribution is 6.20. The Hall–Kier alpha value is -1.95. The zero-order valence-electron chi connectivity index (χ0n) is 11.7. The van der Waals surface area contributed by atoms with Crippen molar-refractivity contribution in [3.63, 3.8) is 0 Å². The molecule has 1 atom stereocenters. The first-order chi connectivity index (χ1) is 9.91. The average Bonchev–Trinajstić information content (AvgIpc) is 2.93. The van der Waals surface area contributed by atoms with E-state index in [0.717, 1.165) is 6.07 Å². The first-order valence-corrected chi connectivity index (χ1v) is 6.86. The number of halogens is 3. The second-order valence-electron chi connectivity index (χ2n) is 4.88. The van der Waals surface area contributed by atoms with Crippen molar-refractivity contribution in [2.75, 3.05) is 0 Å². The van der Waals surface area contributed by atoms with Gasteiger partial charge in [-0.2, -0.15) is 5.10 Å². The van der Waals surface area contributed by atoms with Gasteiger partial charge >= 0.3 is 0 Å². The summed E-state index contributed by atoms with van der Waals surface area (Å²) in [7, 11) is 1.73. The Balaban J connectivity index is 2.44. The number of alkyl halides is 1. The van der Waals surface area contributed by atoms with Crippen molar-refractivity contribution in [2.24, 2.45) is 7.05 Å². The van der Waals surface area contributed by atoms with Crippen LogP contribution in [0, 0.1) is 18.6 Å². The van der Waals surface area contributed by atoms with Crippen molar-refractivity contribution in [1.29, 1.82) is 0 Å². The monoisotopic (exact) mass is 310 g/mol. The fraction of sp³-hybridized carbons (Fsp3) is 0.286. The number of hydrogen-bond donors (Lipinski definition) is 0. The number of aromatic nitrogens is 4. The lowest BCUT2D eigenvalue weighted by Gasteiger charge is -2.12. The first-order valence-electron chi connectivity index (χ1n) is 6.42. The number of imidazole rings is 1. The molecule has 0 N–H and O–H groups in total. The SMILES string of the molecule is Cc1nn(C)c2c1nc(C(C)Cl)n2-c1cccc(F)c1F. The van der Waals surface area contributed by atoms with Crippen LogP contribution in [0.2, 0.25) is 0 Å². The van der Waals surface area contributed by atoms with Crippen molar-refractivity contribution in [3.8, 4) is 5.69 Å². The van der Waals surface area contributed by atoms with Crippen LogP contribution in [-0.4, -0.2) is 19.3 Å². The quantitative estimate of drug-likeness (QED) is 0.677. The van der Waals surface area contributed by atoms with Crippen LogP contribution in [0.3, 0.4) is 0 Å². The highest BCUT2D eigenvalue weighted by Gasteiger charge is 2.23. The molecule has 0 aliphatic heterocycles. The van der Waals surface area contributed by atoms with Crippen molar-refractivity contribution < 1.29 is 8.78 Å². The second kappa shape index (κ2) is 4.80. The number of benzene rings is 1. The van der Waals surface area contributed by atoms with Crippen LogP contribution < -0.4 is 0 Å². The van der Waals surface area contributed by atoms with Crippen LogP contribution in [0.1, 0.15) is 23.8 Å². The summed E-state index contributed by atoms with van der Waals surface area (Å²) in [6, 6.07) is 4.02. The summed E-state index contributed by atoms with van der Waals surface area (Å²) in [5.74, 6) is -1.40. The first kappa shape index (κ1) is 14.0. The fourth-order valence-electron chi connectivity index (χ4n) is 2.46. The Morgan fingerprint density at radius 1 is 1.29 bits per heavy atom. The molecule has 2 heterocycles. The standard InChI is InChI=1S/C14H13ClF2N4/c1-7(15)13-18-12-8(2)19-20(3)14(12)21(13)10-6-4-5-9(16)11(10)17/h4-7H,1-3H3. The minimum absolute atomic E-state index is 0.0722. The Morgan fingerprint density at radius 2 is 2.00 bits per heavy atom. The Kier molecular flexibility index (Phi) is 3.20. The summed E-state index contributed by atoms with van der Waals surface area (Å²) in [4.78, 5) is 4.44. The molecule has 110 valence electrons. The van der Waals surface area contributed by atoms with E-state index >= 15 is 0 Å². The molecule has 0 saturated heterocycles. The molecule has 3 aromatic rings. The van der Waals surface area contributed by atoms with Crippen LogP contribution in [0.25, 0.3) is 16.9 Å². The molecule has 3 rings (SSSR count).